The van der Waals surface area contributed by atoms with Gasteiger partial charge in [-0.3, -0.25) is 0 Å². The van der Waals surface area contributed by atoms with Gasteiger partial charge in [0.25, 0.3) is 0 Å². The van der Waals surface area contributed by atoms with Gasteiger partial charge < -0.3 is 10.2 Å². The second-order valence-corrected chi connectivity index (χ2v) is 6.12. The first-order chi connectivity index (χ1) is 11.1. The Balaban J connectivity index is 1.63. The van der Waals surface area contributed by atoms with Crippen LogP contribution in [-0.2, 0) is 6.54 Å². The van der Waals surface area contributed by atoms with Crippen molar-refractivity contribution in [2.24, 2.45) is 0 Å². The standard InChI is InChI=1S/C18H18ClFN2O/c19-15-7-5-14(6-8-15)17-2-1-11-22(17)18(23)21-12-13-3-9-16(20)10-4-13/h3-10,17H,1-2,11-12H2,(H,21,23)/t17-/m0/s1. The molecule has 0 spiro atoms. The Hall–Kier alpha value is -2.07. The molecule has 1 aliphatic rings. The van der Waals surface area contributed by atoms with Crippen molar-refractivity contribution in [1.82, 2.24) is 10.2 Å². The predicted molar refractivity (Wildman–Crippen MR) is 88.8 cm³/mol. The number of halogens is 2. The van der Waals surface area contributed by atoms with Gasteiger partial charge in [0.1, 0.15) is 5.82 Å². The number of nitrogens with zero attached hydrogens (tertiary/aromatic N) is 1. The van der Waals surface area contributed by atoms with Gasteiger partial charge in [0.15, 0.2) is 0 Å². The third-order valence-corrected chi connectivity index (χ3v) is 4.38. The lowest BCUT2D eigenvalue weighted by atomic mass is 10.1. The Labute approximate surface area is 140 Å². The number of hydrogen-bond donors (Lipinski definition) is 1. The van der Waals surface area contributed by atoms with Crippen LogP contribution in [0.2, 0.25) is 5.02 Å². The molecule has 0 bridgehead atoms. The van der Waals surface area contributed by atoms with E-state index in [-0.39, 0.29) is 17.9 Å². The van der Waals surface area contributed by atoms with Crippen molar-refractivity contribution in [2.45, 2.75) is 25.4 Å². The molecule has 120 valence electrons. The van der Waals surface area contributed by atoms with Crippen LogP contribution >= 0.6 is 11.6 Å². The van der Waals surface area contributed by atoms with Crippen molar-refractivity contribution < 1.29 is 9.18 Å². The molecule has 1 saturated heterocycles. The molecule has 1 aliphatic heterocycles. The molecule has 23 heavy (non-hydrogen) atoms. The third kappa shape index (κ3) is 3.82. The highest BCUT2D eigenvalue weighted by molar-refractivity contribution is 6.30. The second-order valence-electron chi connectivity index (χ2n) is 5.69. The summed E-state index contributed by atoms with van der Waals surface area (Å²) in [5.41, 5.74) is 1.98. The van der Waals surface area contributed by atoms with Gasteiger partial charge in [-0.15, -0.1) is 0 Å². The summed E-state index contributed by atoms with van der Waals surface area (Å²) >= 11 is 5.93. The van der Waals surface area contributed by atoms with E-state index < -0.39 is 0 Å². The smallest absolute Gasteiger partial charge is 0.318 e. The van der Waals surface area contributed by atoms with Crippen LogP contribution in [0.25, 0.3) is 0 Å². The van der Waals surface area contributed by atoms with E-state index in [1.54, 1.807) is 12.1 Å². The minimum atomic E-state index is -0.276. The van der Waals surface area contributed by atoms with Gasteiger partial charge in [0, 0.05) is 18.1 Å². The number of amides is 2. The normalized spacial score (nSPS) is 17.3. The summed E-state index contributed by atoms with van der Waals surface area (Å²) in [6.07, 6.45) is 1.93. The van der Waals surface area contributed by atoms with E-state index in [2.05, 4.69) is 5.32 Å². The Bertz CT molecular complexity index is 672. The summed E-state index contributed by atoms with van der Waals surface area (Å²) in [6, 6.07) is 13.8. The highest BCUT2D eigenvalue weighted by Crippen LogP contribution is 2.32. The highest BCUT2D eigenvalue weighted by Gasteiger charge is 2.29. The topological polar surface area (TPSA) is 32.3 Å². The first-order valence-electron chi connectivity index (χ1n) is 7.68. The van der Waals surface area contributed by atoms with Crippen LogP contribution in [0.5, 0.6) is 0 Å². The van der Waals surface area contributed by atoms with Crippen LogP contribution in [0.1, 0.15) is 30.0 Å². The number of urea groups is 1. The highest BCUT2D eigenvalue weighted by atomic mass is 35.5. The maximum atomic E-state index is 12.9. The fourth-order valence-electron chi connectivity index (χ4n) is 2.92. The van der Waals surface area contributed by atoms with E-state index in [1.165, 1.54) is 12.1 Å². The molecule has 0 unspecified atom stereocenters. The first-order valence-corrected chi connectivity index (χ1v) is 8.05. The molecule has 0 saturated carbocycles. The Morgan fingerprint density at radius 1 is 1.17 bits per heavy atom. The number of hydrogen-bond acceptors (Lipinski definition) is 1. The molecule has 1 N–H and O–H groups in total. The minimum Gasteiger partial charge on any atom is -0.334 e. The number of carbonyl (C=O) groups excluding carboxylic acids is 1. The maximum Gasteiger partial charge on any atom is 0.318 e. The molecule has 1 heterocycles. The Kier molecular flexibility index (Phi) is 4.82. The van der Waals surface area contributed by atoms with E-state index in [0.717, 1.165) is 30.5 Å². The van der Waals surface area contributed by atoms with Crippen LogP contribution in [0.15, 0.2) is 48.5 Å². The average molecular weight is 333 g/mol. The van der Waals surface area contributed by atoms with Gasteiger partial charge in [-0.2, -0.15) is 0 Å². The largest absolute Gasteiger partial charge is 0.334 e. The van der Waals surface area contributed by atoms with Gasteiger partial charge in [-0.1, -0.05) is 35.9 Å². The summed E-state index contributed by atoms with van der Waals surface area (Å²) in [4.78, 5) is 14.3. The van der Waals surface area contributed by atoms with Crippen molar-refractivity contribution in [3.63, 3.8) is 0 Å². The van der Waals surface area contributed by atoms with Gasteiger partial charge in [-0.05, 0) is 48.2 Å². The second kappa shape index (κ2) is 7.01. The molecular formula is C18H18ClFN2O. The molecule has 0 aliphatic carbocycles. The summed E-state index contributed by atoms with van der Waals surface area (Å²) in [7, 11) is 0. The first kappa shape index (κ1) is 15.8. The average Bonchev–Trinajstić information content (AvgIpc) is 3.04. The van der Waals surface area contributed by atoms with Gasteiger partial charge in [0.2, 0.25) is 0 Å². The Morgan fingerprint density at radius 3 is 2.57 bits per heavy atom. The van der Waals surface area contributed by atoms with Gasteiger partial charge in [-0.25, -0.2) is 9.18 Å². The van der Waals surface area contributed by atoms with Crippen molar-refractivity contribution in [1.29, 1.82) is 0 Å². The molecular weight excluding hydrogens is 315 g/mol. The summed E-state index contributed by atoms with van der Waals surface area (Å²) in [5, 5.41) is 3.60. The zero-order valence-electron chi connectivity index (χ0n) is 12.6. The van der Waals surface area contributed by atoms with Crippen LogP contribution in [0.4, 0.5) is 9.18 Å². The lowest BCUT2D eigenvalue weighted by Crippen LogP contribution is -2.39. The van der Waals surface area contributed by atoms with Gasteiger partial charge >= 0.3 is 6.03 Å². The molecule has 1 fully saturated rings. The summed E-state index contributed by atoms with van der Waals surface area (Å²) in [6.45, 7) is 1.13. The lowest BCUT2D eigenvalue weighted by Gasteiger charge is -2.25. The van der Waals surface area contributed by atoms with E-state index in [1.807, 2.05) is 29.2 Å². The van der Waals surface area contributed by atoms with E-state index in [9.17, 15) is 9.18 Å². The number of likely N-dealkylation sites (tertiary alicyclic amines) is 1. The van der Waals surface area contributed by atoms with Crippen molar-refractivity contribution in [3.05, 3.63) is 70.5 Å². The zero-order chi connectivity index (χ0) is 16.2. The molecule has 2 amide bonds. The number of nitrogens with one attached hydrogen (secondary N) is 1. The monoisotopic (exact) mass is 332 g/mol. The van der Waals surface area contributed by atoms with E-state index in [0.29, 0.717) is 11.6 Å². The minimum absolute atomic E-state index is 0.0838. The molecule has 5 heteroatoms. The van der Waals surface area contributed by atoms with Crippen LogP contribution in [0.3, 0.4) is 0 Å². The molecule has 1 atom stereocenters. The molecule has 3 rings (SSSR count). The molecule has 2 aromatic carbocycles. The third-order valence-electron chi connectivity index (χ3n) is 4.13. The van der Waals surface area contributed by atoms with Crippen LogP contribution < -0.4 is 5.32 Å². The van der Waals surface area contributed by atoms with Gasteiger partial charge in [0.05, 0.1) is 6.04 Å². The molecule has 0 radical (unpaired) electrons. The lowest BCUT2D eigenvalue weighted by molar-refractivity contribution is 0.192. The number of carbonyl (C=O) groups is 1. The quantitative estimate of drug-likeness (QED) is 0.880. The SMILES string of the molecule is O=C(NCc1ccc(F)cc1)N1CCC[C@H]1c1ccc(Cl)cc1. The summed E-state index contributed by atoms with van der Waals surface area (Å²) in [5.74, 6) is -0.276. The van der Waals surface area contributed by atoms with Crippen LogP contribution in [-0.4, -0.2) is 17.5 Å². The molecule has 3 nitrogen and oxygen atoms in total. The van der Waals surface area contributed by atoms with Crippen LogP contribution in [0, 0.1) is 5.82 Å². The van der Waals surface area contributed by atoms with E-state index in [4.69, 9.17) is 11.6 Å². The van der Waals surface area contributed by atoms with Crippen molar-refractivity contribution in [3.8, 4) is 0 Å². The van der Waals surface area contributed by atoms with Crippen molar-refractivity contribution in [2.75, 3.05) is 6.54 Å². The Morgan fingerprint density at radius 2 is 1.87 bits per heavy atom. The maximum absolute atomic E-state index is 12.9. The molecule has 0 aromatic heterocycles. The zero-order valence-corrected chi connectivity index (χ0v) is 13.4. The fraction of sp³-hybridized carbons (Fsp3) is 0.278. The predicted octanol–water partition coefficient (Wildman–Crippen LogP) is 4.53. The number of benzene rings is 2. The summed E-state index contributed by atoms with van der Waals surface area (Å²) < 4.78 is 12.9. The molecule has 2 aromatic rings. The van der Waals surface area contributed by atoms with E-state index >= 15 is 0 Å². The number of rotatable bonds is 3. The van der Waals surface area contributed by atoms with Crippen molar-refractivity contribution >= 4 is 17.6 Å². The fourth-order valence-corrected chi connectivity index (χ4v) is 3.05.